The van der Waals surface area contributed by atoms with E-state index in [2.05, 4.69) is 21.0 Å². The zero-order valence-corrected chi connectivity index (χ0v) is 12.7. The van der Waals surface area contributed by atoms with Crippen molar-refractivity contribution in [3.05, 3.63) is 45.7 Å². The van der Waals surface area contributed by atoms with Gasteiger partial charge in [-0.3, -0.25) is 9.48 Å². The lowest BCUT2D eigenvalue weighted by Crippen LogP contribution is -2.08. The highest BCUT2D eigenvalue weighted by molar-refractivity contribution is 9.10. The second-order valence-corrected chi connectivity index (χ2v) is 5.09. The third kappa shape index (κ3) is 2.87. The molecule has 2 aromatic rings. The molecule has 1 heterocycles. The number of nitrogens with zero attached hydrogens (tertiary/aromatic N) is 2. The summed E-state index contributed by atoms with van der Waals surface area (Å²) in [6, 6.07) is 7.13. The molecule has 0 fully saturated rings. The Morgan fingerprint density at radius 3 is 2.47 bits per heavy atom. The maximum atomic E-state index is 12.2. The summed E-state index contributed by atoms with van der Waals surface area (Å²) >= 11 is 3.47. The number of rotatable bonds is 4. The summed E-state index contributed by atoms with van der Waals surface area (Å²) in [5.41, 5.74) is 2.45. The molecule has 0 atom stereocenters. The number of aryl methyl sites for hydroxylation is 2. The predicted molar refractivity (Wildman–Crippen MR) is 76.7 cm³/mol. The average Bonchev–Trinajstić information content (AvgIpc) is 2.65. The van der Waals surface area contributed by atoms with Crippen LogP contribution in [0.15, 0.2) is 28.7 Å². The first kappa shape index (κ1) is 13.8. The quantitative estimate of drug-likeness (QED) is 0.813. The van der Waals surface area contributed by atoms with Gasteiger partial charge < -0.3 is 4.74 Å². The molecule has 2 rings (SSSR count). The molecule has 0 radical (unpaired) electrons. The van der Waals surface area contributed by atoms with E-state index in [1.807, 2.05) is 14.0 Å². The van der Waals surface area contributed by atoms with E-state index in [0.717, 1.165) is 21.6 Å². The van der Waals surface area contributed by atoms with E-state index in [9.17, 15) is 4.79 Å². The number of ketones is 1. The first-order valence-corrected chi connectivity index (χ1v) is 6.67. The van der Waals surface area contributed by atoms with Crippen molar-refractivity contribution in [1.29, 1.82) is 0 Å². The number of carbonyl (C=O) groups excluding carboxylic acids is 1. The summed E-state index contributed by atoms with van der Waals surface area (Å²) in [5, 5.41) is 4.28. The fraction of sp³-hybridized carbons (Fsp3) is 0.286. The van der Waals surface area contributed by atoms with Gasteiger partial charge in [-0.25, -0.2) is 0 Å². The van der Waals surface area contributed by atoms with E-state index in [1.54, 1.807) is 36.1 Å². The summed E-state index contributed by atoms with van der Waals surface area (Å²) < 4.78 is 7.71. The molecule has 1 aromatic heterocycles. The van der Waals surface area contributed by atoms with Gasteiger partial charge >= 0.3 is 0 Å². The number of hydrogen-bond donors (Lipinski definition) is 0. The molecule has 100 valence electrons. The van der Waals surface area contributed by atoms with Gasteiger partial charge in [0.2, 0.25) is 0 Å². The summed E-state index contributed by atoms with van der Waals surface area (Å²) in [6.07, 6.45) is 0.324. The van der Waals surface area contributed by atoms with E-state index in [4.69, 9.17) is 4.74 Å². The smallest absolute Gasteiger partial charge is 0.168 e. The Balaban J connectivity index is 2.20. The highest BCUT2D eigenvalue weighted by atomic mass is 79.9. The minimum atomic E-state index is 0.0614. The van der Waals surface area contributed by atoms with Crippen LogP contribution in [0.25, 0.3) is 0 Å². The number of hydrogen-bond acceptors (Lipinski definition) is 3. The highest BCUT2D eigenvalue weighted by Gasteiger charge is 2.15. The topological polar surface area (TPSA) is 44.1 Å². The highest BCUT2D eigenvalue weighted by Crippen LogP contribution is 2.22. The second-order valence-electron chi connectivity index (χ2n) is 4.30. The van der Waals surface area contributed by atoms with E-state index in [-0.39, 0.29) is 5.78 Å². The lowest BCUT2D eigenvalue weighted by atomic mass is 10.1. The van der Waals surface area contributed by atoms with Gasteiger partial charge in [0.25, 0.3) is 0 Å². The van der Waals surface area contributed by atoms with Crippen molar-refractivity contribution in [1.82, 2.24) is 9.78 Å². The van der Waals surface area contributed by atoms with E-state index >= 15 is 0 Å². The molecule has 1 aromatic carbocycles. The van der Waals surface area contributed by atoms with Gasteiger partial charge in [-0.2, -0.15) is 5.10 Å². The molecule has 0 aliphatic carbocycles. The number of methoxy groups -OCH3 is 1. The van der Waals surface area contributed by atoms with Crippen LogP contribution in [-0.2, 0) is 13.5 Å². The molecule has 0 unspecified atom stereocenters. The Morgan fingerprint density at radius 1 is 1.37 bits per heavy atom. The van der Waals surface area contributed by atoms with Crippen LogP contribution in [0.5, 0.6) is 5.75 Å². The van der Waals surface area contributed by atoms with Gasteiger partial charge in [0, 0.05) is 12.6 Å². The van der Waals surface area contributed by atoms with Crippen LogP contribution in [0, 0.1) is 6.92 Å². The van der Waals surface area contributed by atoms with Crippen LogP contribution in [0.4, 0.5) is 0 Å². The number of carbonyl (C=O) groups is 1. The largest absolute Gasteiger partial charge is 0.497 e. The van der Waals surface area contributed by atoms with Crippen molar-refractivity contribution < 1.29 is 9.53 Å². The fourth-order valence-electron chi connectivity index (χ4n) is 1.90. The molecule has 0 bridgehead atoms. The second kappa shape index (κ2) is 5.57. The van der Waals surface area contributed by atoms with Crippen LogP contribution >= 0.6 is 15.9 Å². The fourth-order valence-corrected chi connectivity index (χ4v) is 2.38. The number of halogens is 1. The van der Waals surface area contributed by atoms with Crippen molar-refractivity contribution in [3.8, 4) is 5.75 Å². The van der Waals surface area contributed by atoms with Crippen LogP contribution < -0.4 is 4.74 Å². The Morgan fingerprint density at radius 2 is 2.00 bits per heavy atom. The average molecular weight is 323 g/mol. The van der Waals surface area contributed by atoms with Gasteiger partial charge in [0.05, 0.1) is 29.4 Å². The van der Waals surface area contributed by atoms with E-state index in [0.29, 0.717) is 12.0 Å². The lowest BCUT2D eigenvalue weighted by molar-refractivity contribution is 0.0990. The monoisotopic (exact) mass is 322 g/mol. The Kier molecular flexibility index (Phi) is 4.04. The molecule has 19 heavy (non-hydrogen) atoms. The third-order valence-electron chi connectivity index (χ3n) is 3.00. The summed E-state index contributed by atoms with van der Waals surface area (Å²) in [7, 11) is 3.45. The molecule has 0 N–H and O–H groups in total. The number of Topliss-reactive ketones (excluding diaryl/α,β-unsaturated/α-hetero) is 1. The number of ether oxygens (including phenoxy) is 1. The maximum absolute atomic E-state index is 12.2. The van der Waals surface area contributed by atoms with E-state index in [1.165, 1.54) is 0 Å². The molecule has 0 amide bonds. The van der Waals surface area contributed by atoms with Gasteiger partial charge in [-0.15, -0.1) is 0 Å². The van der Waals surface area contributed by atoms with Crippen molar-refractivity contribution >= 4 is 21.7 Å². The van der Waals surface area contributed by atoms with Crippen molar-refractivity contribution in [2.45, 2.75) is 13.3 Å². The van der Waals surface area contributed by atoms with Crippen molar-refractivity contribution in [2.75, 3.05) is 7.11 Å². The molecule has 5 heteroatoms. The zero-order chi connectivity index (χ0) is 14.0. The summed E-state index contributed by atoms with van der Waals surface area (Å²) in [5.74, 6) is 0.806. The number of aromatic nitrogens is 2. The minimum absolute atomic E-state index is 0.0614. The normalized spacial score (nSPS) is 10.5. The molecule has 0 saturated heterocycles. The first-order valence-electron chi connectivity index (χ1n) is 5.88. The first-order chi connectivity index (χ1) is 9.02. The van der Waals surface area contributed by atoms with Crippen LogP contribution in [0.3, 0.4) is 0 Å². The SMILES string of the molecule is COc1ccc(C(=O)Cc2c(Br)c(C)nn2C)cc1. The van der Waals surface area contributed by atoms with Crippen molar-refractivity contribution in [3.63, 3.8) is 0 Å². The Hall–Kier alpha value is -1.62. The van der Waals surface area contributed by atoms with Gasteiger partial charge in [-0.05, 0) is 47.1 Å². The van der Waals surface area contributed by atoms with Crippen LogP contribution in [0.2, 0.25) is 0 Å². The summed E-state index contributed by atoms with van der Waals surface area (Å²) in [6.45, 7) is 1.91. The lowest BCUT2D eigenvalue weighted by Gasteiger charge is -2.04. The Bertz CT molecular complexity index is 603. The minimum Gasteiger partial charge on any atom is -0.497 e. The molecular weight excluding hydrogens is 308 g/mol. The van der Waals surface area contributed by atoms with Crippen LogP contribution in [0.1, 0.15) is 21.7 Å². The Labute approximate surface area is 120 Å². The van der Waals surface area contributed by atoms with Crippen LogP contribution in [-0.4, -0.2) is 22.7 Å². The molecule has 4 nitrogen and oxygen atoms in total. The molecule has 0 spiro atoms. The maximum Gasteiger partial charge on any atom is 0.168 e. The van der Waals surface area contributed by atoms with Gasteiger partial charge in [0.1, 0.15) is 5.75 Å². The molecule has 0 aliphatic rings. The van der Waals surface area contributed by atoms with Crippen molar-refractivity contribution in [2.24, 2.45) is 7.05 Å². The predicted octanol–water partition coefficient (Wildman–Crippen LogP) is 2.93. The summed E-state index contributed by atoms with van der Waals surface area (Å²) in [4.78, 5) is 12.2. The number of benzene rings is 1. The zero-order valence-electron chi connectivity index (χ0n) is 11.1. The van der Waals surface area contributed by atoms with E-state index < -0.39 is 0 Å². The van der Waals surface area contributed by atoms with Gasteiger partial charge in [-0.1, -0.05) is 0 Å². The standard InChI is InChI=1S/C14H15BrN2O2/c1-9-14(15)12(17(2)16-9)8-13(18)10-4-6-11(19-3)7-5-10/h4-7H,8H2,1-3H3. The van der Waals surface area contributed by atoms with Gasteiger partial charge in [0.15, 0.2) is 5.78 Å². The third-order valence-corrected chi connectivity index (χ3v) is 4.03. The molecular formula is C14H15BrN2O2. The molecule has 0 aliphatic heterocycles. The molecule has 0 saturated carbocycles.